The lowest BCUT2D eigenvalue weighted by Crippen LogP contribution is -2.48. The van der Waals surface area contributed by atoms with Crippen LogP contribution in [0.4, 0.5) is 0 Å². The fourth-order valence-corrected chi connectivity index (χ4v) is 3.15. The Kier molecular flexibility index (Phi) is 3.23. The molecule has 2 aromatic heterocycles. The zero-order valence-corrected chi connectivity index (χ0v) is 12.5. The van der Waals surface area contributed by atoms with Crippen molar-refractivity contribution in [2.75, 3.05) is 13.1 Å². The molecular formula is C16H13N3O2S. The third-order valence-electron chi connectivity index (χ3n) is 3.72. The van der Waals surface area contributed by atoms with Crippen LogP contribution < -0.4 is 0 Å². The van der Waals surface area contributed by atoms with Gasteiger partial charge in [0.2, 0.25) is 11.7 Å². The largest absolute Gasteiger partial charge is 0.339 e. The molecular weight excluding hydrogens is 298 g/mol. The molecule has 5 nitrogen and oxygen atoms in total. The molecule has 0 aliphatic carbocycles. The standard InChI is InChI=1S/C16H13N3O2S/c20-16(13-7-4-8-22-13)19-9-12(10-19)15-17-14(18-21-15)11-5-2-1-3-6-11/h1-8,12H,9-10H2. The number of hydrogen-bond donors (Lipinski definition) is 0. The molecule has 0 saturated carbocycles. The van der Waals surface area contributed by atoms with E-state index in [0.29, 0.717) is 24.8 Å². The van der Waals surface area contributed by atoms with Gasteiger partial charge in [0.05, 0.1) is 10.8 Å². The molecule has 1 aliphatic heterocycles. The monoisotopic (exact) mass is 311 g/mol. The molecule has 0 radical (unpaired) electrons. The normalized spacial score (nSPS) is 14.8. The van der Waals surface area contributed by atoms with Gasteiger partial charge in [-0.2, -0.15) is 4.98 Å². The summed E-state index contributed by atoms with van der Waals surface area (Å²) in [7, 11) is 0. The lowest BCUT2D eigenvalue weighted by Gasteiger charge is -2.36. The van der Waals surface area contributed by atoms with E-state index in [1.54, 1.807) is 0 Å². The zero-order chi connectivity index (χ0) is 14.9. The third-order valence-corrected chi connectivity index (χ3v) is 4.58. The van der Waals surface area contributed by atoms with Crippen molar-refractivity contribution in [3.8, 4) is 11.4 Å². The minimum absolute atomic E-state index is 0.0778. The van der Waals surface area contributed by atoms with Crippen LogP contribution in [-0.2, 0) is 0 Å². The van der Waals surface area contributed by atoms with Crippen molar-refractivity contribution in [1.82, 2.24) is 15.0 Å². The van der Waals surface area contributed by atoms with Gasteiger partial charge in [0.25, 0.3) is 5.91 Å². The Bertz CT molecular complexity index is 777. The molecule has 0 atom stereocenters. The van der Waals surface area contributed by atoms with Crippen LogP contribution in [0, 0.1) is 0 Å². The molecule has 0 bridgehead atoms. The molecule has 1 aromatic carbocycles. The Morgan fingerprint density at radius 3 is 2.73 bits per heavy atom. The van der Waals surface area contributed by atoms with Crippen LogP contribution in [0.15, 0.2) is 52.4 Å². The van der Waals surface area contributed by atoms with Gasteiger partial charge in [0.1, 0.15) is 0 Å². The number of aromatic nitrogens is 2. The van der Waals surface area contributed by atoms with Gasteiger partial charge in [-0.15, -0.1) is 11.3 Å². The predicted octanol–water partition coefficient (Wildman–Crippen LogP) is 3.04. The molecule has 3 heterocycles. The number of likely N-dealkylation sites (tertiary alicyclic amines) is 1. The Morgan fingerprint density at radius 1 is 1.18 bits per heavy atom. The highest BCUT2D eigenvalue weighted by Crippen LogP contribution is 2.29. The molecule has 0 spiro atoms. The number of nitrogens with zero attached hydrogens (tertiary/aromatic N) is 3. The van der Waals surface area contributed by atoms with Gasteiger partial charge in [-0.05, 0) is 11.4 Å². The van der Waals surface area contributed by atoms with Gasteiger partial charge >= 0.3 is 0 Å². The van der Waals surface area contributed by atoms with Crippen molar-refractivity contribution in [3.63, 3.8) is 0 Å². The maximum atomic E-state index is 12.2. The Morgan fingerprint density at radius 2 is 2.00 bits per heavy atom. The molecule has 1 amide bonds. The van der Waals surface area contributed by atoms with E-state index in [0.717, 1.165) is 10.4 Å². The third kappa shape index (κ3) is 2.31. The maximum Gasteiger partial charge on any atom is 0.263 e. The van der Waals surface area contributed by atoms with Crippen molar-refractivity contribution in [1.29, 1.82) is 0 Å². The molecule has 4 rings (SSSR count). The smallest absolute Gasteiger partial charge is 0.263 e. The highest BCUT2D eigenvalue weighted by Gasteiger charge is 2.36. The summed E-state index contributed by atoms with van der Waals surface area (Å²) >= 11 is 1.46. The average molecular weight is 311 g/mol. The molecule has 1 fully saturated rings. The predicted molar refractivity (Wildman–Crippen MR) is 82.7 cm³/mol. The summed E-state index contributed by atoms with van der Waals surface area (Å²) in [6.07, 6.45) is 0. The fourth-order valence-electron chi connectivity index (χ4n) is 2.46. The van der Waals surface area contributed by atoms with Gasteiger partial charge in [0, 0.05) is 18.7 Å². The second kappa shape index (κ2) is 5.38. The molecule has 22 heavy (non-hydrogen) atoms. The molecule has 110 valence electrons. The lowest BCUT2D eigenvalue weighted by atomic mass is 10.00. The van der Waals surface area contributed by atoms with Gasteiger partial charge in [-0.25, -0.2) is 0 Å². The van der Waals surface area contributed by atoms with E-state index in [1.165, 1.54) is 11.3 Å². The lowest BCUT2D eigenvalue weighted by molar-refractivity contribution is 0.0574. The quantitative estimate of drug-likeness (QED) is 0.746. The van der Waals surface area contributed by atoms with Crippen LogP contribution in [0.1, 0.15) is 21.5 Å². The molecule has 3 aromatic rings. The first kappa shape index (κ1) is 13.2. The van der Waals surface area contributed by atoms with Crippen LogP contribution in [0.25, 0.3) is 11.4 Å². The second-order valence-corrected chi connectivity index (χ2v) is 6.15. The van der Waals surface area contributed by atoms with Crippen molar-refractivity contribution in [2.24, 2.45) is 0 Å². The average Bonchev–Trinajstić information content (AvgIpc) is 3.18. The summed E-state index contributed by atoms with van der Waals surface area (Å²) in [5.74, 6) is 1.41. The van der Waals surface area contributed by atoms with Crippen LogP contribution in [-0.4, -0.2) is 34.0 Å². The van der Waals surface area contributed by atoms with Crippen LogP contribution in [0.3, 0.4) is 0 Å². The SMILES string of the molecule is O=C(c1cccs1)N1CC(c2nc(-c3ccccc3)no2)C1. The highest BCUT2D eigenvalue weighted by molar-refractivity contribution is 7.12. The topological polar surface area (TPSA) is 59.2 Å². The fraction of sp³-hybridized carbons (Fsp3) is 0.188. The number of benzene rings is 1. The summed E-state index contributed by atoms with van der Waals surface area (Å²) in [5.41, 5.74) is 0.934. The number of carbonyl (C=O) groups is 1. The molecule has 1 aliphatic rings. The summed E-state index contributed by atoms with van der Waals surface area (Å²) in [5, 5.41) is 5.93. The molecule has 6 heteroatoms. The van der Waals surface area contributed by atoms with Crippen molar-refractivity contribution in [2.45, 2.75) is 5.92 Å². The van der Waals surface area contributed by atoms with Gasteiger partial charge in [0.15, 0.2) is 0 Å². The highest BCUT2D eigenvalue weighted by atomic mass is 32.1. The number of thiophene rings is 1. The van der Waals surface area contributed by atoms with E-state index in [1.807, 2.05) is 52.7 Å². The number of amides is 1. The summed E-state index contributed by atoms with van der Waals surface area (Å²) in [6, 6.07) is 13.5. The van der Waals surface area contributed by atoms with Gasteiger partial charge < -0.3 is 9.42 Å². The van der Waals surface area contributed by atoms with Gasteiger partial charge in [-0.3, -0.25) is 4.79 Å². The first-order valence-corrected chi connectivity index (χ1v) is 7.91. The molecule has 0 N–H and O–H groups in total. The molecule has 0 unspecified atom stereocenters. The van der Waals surface area contributed by atoms with E-state index in [2.05, 4.69) is 10.1 Å². The van der Waals surface area contributed by atoms with Gasteiger partial charge in [-0.1, -0.05) is 41.6 Å². The second-order valence-electron chi connectivity index (χ2n) is 5.21. The van der Waals surface area contributed by atoms with Crippen LogP contribution in [0.5, 0.6) is 0 Å². The summed E-state index contributed by atoms with van der Waals surface area (Å²) < 4.78 is 5.35. The summed E-state index contributed by atoms with van der Waals surface area (Å²) in [4.78, 5) is 19.2. The van der Waals surface area contributed by atoms with E-state index in [-0.39, 0.29) is 11.8 Å². The van der Waals surface area contributed by atoms with Crippen LogP contribution in [0.2, 0.25) is 0 Å². The van der Waals surface area contributed by atoms with E-state index < -0.39 is 0 Å². The Labute approximate surface area is 131 Å². The van der Waals surface area contributed by atoms with Crippen molar-refractivity contribution >= 4 is 17.2 Å². The zero-order valence-electron chi connectivity index (χ0n) is 11.7. The Hall–Kier alpha value is -2.47. The minimum Gasteiger partial charge on any atom is -0.339 e. The summed E-state index contributed by atoms with van der Waals surface area (Å²) in [6.45, 7) is 1.26. The van der Waals surface area contributed by atoms with E-state index in [9.17, 15) is 4.79 Å². The maximum absolute atomic E-state index is 12.2. The number of rotatable bonds is 3. The number of carbonyl (C=O) groups excluding carboxylic acids is 1. The minimum atomic E-state index is 0.0778. The molecule has 1 saturated heterocycles. The van der Waals surface area contributed by atoms with E-state index >= 15 is 0 Å². The first-order valence-electron chi connectivity index (χ1n) is 7.03. The first-order chi connectivity index (χ1) is 10.8. The number of hydrogen-bond acceptors (Lipinski definition) is 5. The van der Waals surface area contributed by atoms with Crippen molar-refractivity contribution in [3.05, 3.63) is 58.6 Å². The van der Waals surface area contributed by atoms with Crippen molar-refractivity contribution < 1.29 is 9.32 Å². The Balaban J connectivity index is 1.43. The van der Waals surface area contributed by atoms with E-state index in [4.69, 9.17) is 4.52 Å². The van der Waals surface area contributed by atoms with Crippen LogP contribution >= 0.6 is 11.3 Å².